The van der Waals surface area contributed by atoms with Gasteiger partial charge in [-0.05, 0) is 24.5 Å². The molecule has 1 aromatic rings. The maximum atomic E-state index is 12.5. The number of hydrogen-bond donors (Lipinski definition) is 1. The molecule has 0 spiro atoms. The van der Waals surface area contributed by atoms with Crippen LogP contribution in [0.5, 0.6) is 0 Å². The molecule has 1 saturated carbocycles. The Bertz CT molecular complexity index is 421. The van der Waals surface area contributed by atoms with Crippen LogP contribution < -0.4 is 5.32 Å². The van der Waals surface area contributed by atoms with Crippen molar-refractivity contribution in [1.82, 2.24) is 5.32 Å². The first-order chi connectivity index (χ1) is 8.08. The SMILES string of the molecule is O=C(NC1CC1)C(Cl)c1cccc(C(F)F)c1. The number of amides is 1. The fraction of sp³-hybridized carbons (Fsp3) is 0.417. The Kier molecular flexibility index (Phi) is 3.62. The van der Waals surface area contributed by atoms with Crippen molar-refractivity contribution in [2.24, 2.45) is 0 Å². The monoisotopic (exact) mass is 259 g/mol. The van der Waals surface area contributed by atoms with Gasteiger partial charge in [-0.2, -0.15) is 0 Å². The smallest absolute Gasteiger partial charge is 0.263 e. The summed E-state index contributed by atoms with van der Waals surface area (Å²) in [7, 11) is 0. The van der Waals surface area contributed by atoms with E-state index in [2.05, 4.69) is 5.32 Å². The van der Waals surface area contributed by atoms with Gasteiger partial charge in [-0.1, -0.05) is 18.2 Å². The highest BCUT2D eigenvalue weighted by Crippen LogP contribution is 2.27. The van der Waals surface area contributed by atoms with Crippen molar-refractivity contribution < 1.29 is 13.6 Å². The molecule has 0 aliphatic heterocycles. The molecule has 0 heterocycles. The van der Waals surface area contributed by atoms with Gasteiger partial charge >= 0.3 is 0 Å². The molecule has 1 fully saturated rings. The van der Waals surface area contributed by atoms with Gasteiger partial charge in [0.25, 0.3) is 6.43 Å². The highest BCUT2D eigenvalue weighted by Gasteiger charge is 2.27. The van der Waals surface area contributed by atoms with Crippen LogP contribution in [-0.2, 0) is 4.79 Å². The van der Waals surface area contributed by atoms with Crippen LogP contribution in [0.4, 0.5) is 8.78 Å². The lowest BCUT2D eigenvalue weighted by molar-refractivity contribution is -0.121. The fourth-order valence-electron chi connectivity index (χ4n) is 1.51. The summed E-state index contributed by atoms with van der Waals surface area (Å²) in [5.41, 5.74) is 0.287. The standard InChI is InChI=1S/C12H12ClF2NO/c13-10(12(17)16-9-4-5-9)7-2-1-3-8(6-7)11(14)15/h1-3,6,9-11H,4-5H2,(H,16,17). The largest absolute Gasteiger partial charge is 0.352 e. The van der Waals surface area contributed by atoms with Crippen LogP contribution in [0.25, 0.3) is 0 Å². The molecule has 0 radical (unpaired) electrons. The number of nitrogens with one attached hydrogen (secondary N) is 1. The molecular formula is C12H12ClF2NO. The molecule has 1 unspecified atom stereocenters. The fourth-order valence-corrected chi connectivity index (χ4v) is 1.70. The van der Waals surface area contributed by atoms with Crippen LogP contribution in [0.1, 0.15) is 35.8 Å². The van der Waals surface area contributed by atoms with Gasteiger partial charge in [0.1, 0.15) is 5.38 Å². The summed E-state index contributed by atoms with van der Waals surface area (Å²) in [5, 5.41) is 1.83. The normalized spacial score (nSPS) is 16.9. The zero-order valence-corrected chi connectivity index (χ0v) is 9.75. The Morgan fingerprint density at radius 1 is 1.35 bits per heavy atom. The Hall–Kier alpha value is -1.16. The van der Waals surface area contributed by atoms with E-state index in [0.29, 0.717) is 5.56 Å². The van der Waals surface area contributed by atoms with Crippen LogP contribution in [0.3, 0.4) is 0 Å². The average Bonchev–Trinajstić information content (AvgIpc) is 3.12. The molecular weight excluding hydrogens is 248 g/mol. The average molecular weight is 260 g/mol. The molecule has 1 N–H and O–H groups in total. The minimum absolute atomic E-state index is 0.118. The van der Waals surface area contributed by atoms with E-state index in [0.717, 1.165) is 12.8 Å². The van der Waals surface area contributed by atoms with Crippen LogP contribution in [0.2, 0.25) is 0 Å². The lowest BCUT2D eigenvalue weighted by Gasteiger charge is -2.11. The molecule has 17 heavy (non-hydrogen) atoms. The molecule has 0 saturated heterocycles. The van der Waals surface area contributed by atoms with Crippen LogP contribution in [0, 0.1) is 0 Å². The Balaban J connectivity index is 2.09. The van der Waals surface area contributed by atoms with Crippen molar-refractivity contribution in [2.45, 2.75) is 30.7 Å². The topological polar surface area (TPSA) is 29.1 Å². The van der Waals surface area contributed by atoms with E-state index in [1.54, 1.807) is 6.07 Å². The molecule has 1 aliphatic rings. The quantitative estimate of drug-likeness (QED) is 0.827. The lowest BCUT2D eigenvalue weighted by Crippen LogP contribution is -2.28. The summed E-state index contributed by atoms with van der Waals surface area (Å²) in [6, 6.07) is 5.86. The summed E-state index contributed by atoms with van der Waals surface area (Å²) >= 11 is 5.95. The minimum Gasteiger partial charge on any atom is -0.352 e. The van der Waals surface area contributed by atoms with E-state index >= 15 is 0 Å². The predicted molar refractivity (Wildman–Crippen MR) is 61.2 cm³/mol. The molecule has 1 amide bonds. The number of benzene rings is 1. The zero-order valence-electron chi connectivity index (χ0n) is 9.00. The van der Waals surface area contributed by atoms with Gasteiger partial charge in [-0.15, -0.1) is 11.6 Å². The molecule has 1 atom stereocenters. The van der Waals surface area contributed by atoms with E-state index in [-0.39, 0.29) is 17.5 Å². The van der Waals surface area contributed by atoms with Crippen molar-refractivity contribution in [3.63, 3.8) is 0 Å². The molecule has 2 rings (SSSR count). The van der Waals surface area contributed by atoms with Gasteiger partial charge in [-0.25, -0.2) is 8.78 Å². The zero-order chi connectivity index (χ0) is 12.4. The highest BCUT2D eigenvalue weighted by atomic mass is 35.5. The molecule has 92 valence electrons. The van der Waals surface area contributed by atoms with Gasteiger partial charge in [-0.3, -0.25) is 4.79 Å². The minimum atomic E-state index is -2.55. The second kappa shape index (κ2) is 5.00. The summed E-state index contributed by atoms with van der Waals surface area (Å²) in [6.07, 6.45) is -0.621. The maximum absolute atomic E-state index is 12.5. The van der Waals surface area contributed by atoms with E-state index in [9.17, 15) is 13.6 Å². The van der Waals surface area contributed by atoms with Gasteiger partial charge in [0.2, 0.25) is 5.91 Å². The molecule has 0 aromatic heterocycles. The third-order valence-electron chi connectivity index (χ3n) is 2.61. The summed E-state index contributed by atoms with van der Waals surface area (Å²) in [5.74, 6) is -0.319. The van der Waals surface area contributed by atoms with Crippen LogP contribution in [0.15, 0.2) is 24.3 Å². The Morgan fingerprint density at radius 2 is 2.00 bits per heavy atom. The lowest BCUT2D eigenvalue weighted by atomic mass is 10.1. The highest BCUT2D eigenvalue weighted by molar-refractivity contribution is 6.30. The van der Waals surface area contributed by atoms with Gasteiger partial charge in [0.15, 0.2) is 0 Å². The molecule has 1 aliphatic carbocycles. The molecule has 5 heteroatoms. The van der Waals surface area contributed by atoms with Gasteiger partial charge in [0, 0.05) is 11.6 Å². The number of halogens is 3. The van der Waals surface area contributed by atoms with E-state index in [1.165, 1.54) is 18.2 Å². The van der Waals surface area contributed by atoms with Crippen molar-refractivity contribution in [3.8, 4) is 0 Å². The number of alkyl halides is 3. The first-order valence-corrected chi connectivity index (χ1v) is 5.84. The molecule has 2 nitrogen and oxygen atoms in total. The van der Waals surface area contributed by atoms with Gasteiger partial charge in [0.05, 0.1) is 0 Å². The number of rotatable bonds is 4. The summed E-state index contributed by atoms with van der Waals surface area (Å²) in [4.78, 5) is 11.6. The number of hydrogen-bond acceptors (Lipinski definition) is 1. The first kappa shape index (κ1) is 12.3. The third-order valence-corrected chi connectivity index (χ3v) is 3.06. The number of carbonyl (C=O) groups excluding carboxylic acids is 1. The second-order valence-corrected chi connectivity index (χ2v) is 4.55. The van der Waals surface area contributed by atoms with E-state index in [4.69, 9.17) is 11.6 Å². The summed E-state index contributed by atoms with van der Waals surface area (Å²) < 4.78 is 25.0. The van der Waals surface area contributed by atoms with E-state index < -0.39 is 11.8 Å². The van der Waals surface area contributed by atoms with Crippen molar-refractivity contribution in [3.05, 3.63) is 35.4 Å². The van der Waals surface area contributed by atoms with Crippen molar-refractivity contribution >= 4 is 17.5 Å². The maximum Gasteiger partial charge on any atom is 0.263 e. The molecule has 1 aromatic carbocycles. The van der Waals surface area contributed by atoms with Crippen molar-refractivity contribution in [1.29, 1.82) is 0 Å². The first-order valence-electron chi connectivity index (χ1n) is 5.40. The van der Waals surface area contributed by atoms with Gasteiger partial charge < -0.3 is 5.32 Å². The third kappa shape index (κ3) is 3.16. The Morgan fingerprint density at radius 3 is 2.59 bits per heavy atom. The van der Waals surface area contributed by atoms with E-state index in [1.807, 2.05) is 0 Å². The van der Waals surface area contributed by atoms with Crippen LogP contribution >= 0.6 is 11.6 Å². The molecule has 0 bridgehead atoms. The van der Waals surface area contributed by atoms with Crippen LogP contribution in [-0.4, -0.2) is 11.9 Å². The predicted octanol–water partition coefficient (Wildman–Crippen LogP) is 3.18. The Labute approximate surface area is 103 Å². The second-order valence-electron chi connectivity index (χ2n) is 4.12. The van der Waals surface area contributed by atoms with Crippen molar-refractivity contribution in [2.75, 3.05) is 0 Å². The summed E-state index contributed by atoms with van der Waals surface area (Å²) in [6.45, 7) is 0. The number of carbonyl (C=O) groups is 1.